The lowest BCUT2D eigenvalue weighted by molar-refractivity contribution is 0.0601. The summed E-state index contributed by atoms with van der Waals surface area (Å²) in [5.74, 6) is -0.459. The monoisotopic (exact) mass is 244 g/mol. The average molecular weight is 244 g/mol. The van der Waals surface area contributed by atoms with Gasteiger partial charge in [0.05, 0.1) is 12.7 Å². The van der Waals surface area contributed by atoms with E-state index in [2.05, 4.69) is 10.3 Å². The number of benzene rings is 1. The first kappa shape index (κ1) is 10.8. The summed E-state index contributed by atoms with van der Waals surface area (Å²) in [6, 6.07) is 5.26. The van der Waals surface area contributed by atoms with Gasteiger partial charge in [-0.1, -0.05) is 0 Å². The topological polar surface area (TPSA) is 71.2 Å². The Bertz CT molecular complexity index is 658. The number of ether oxygens (including phenoxy) is 1. The van der Waals surface area contributed by atoms with Gasteiger partial charge in [0.15, 0.2) is 0 Å². The van der Waals surface area contributed by atoms with Crippen LogP contribution in [-0.4, -0.2) is 30.5 Å². The van der Waals surface area contributed by atoms with E-state index in [-0.39, 0.29) is 11.9 Å². The highest BCUT2D eigenvalue weighted by atomic mass is 16.5. The molecule has 0 radical (unpaired) electrons. The predicted octanol–water partition coefficient (Wildman–Crippen LogP) is 1.24. The Labute approximate surface area is 103 Å². The second-order valence-corrected chi connectivity index (χ2v) is 4.24. The van der Waals surface area contributed by atoms with Crippen LogP contribution in [0.4, 0.5) is 0 Å². The van der Waals surface area contributed by atoms with Crippen molar-refractivity contribution in [3.8, 4) is 0 Å². The fraction of sp³-hybridized carbons (Fsp3) is 0.231. The highest BCUT2D eigenvalue weighted by Gasteiger charge is 2.22. The van der Waals surface area contributed by atoms with Gasteiger partial charge in [0.25, 0.3) is 5.91 Å². The maximum Gasteiger partial charge on any atom is 0.337 e. The van der Waals surface area contributed by atoms with Crippen molar-refractivity contribution in [2.75, 3.05) is 13.7 Å². The zero-order valence-corrected chi connectivity index (χ0v) is 9.87. The van der Waals surface area contributed by atoms with Crippen LogP contribution < -0.4 is 5.32 Å². The lowest BCUT2D eigenvalue weighted by atomic mass is 10.0. The fourth-order valence-corrected chi connectivity index (χ4v) is 2.34. The van der Waals surface area contributed by atoms with E-state index in [9.17, 15) is 9.59 Å². The van der Waals surface area contributed by atoms with Crippen LogP contribution in [0.2, 0.25) is 0 Å². The largest absolute Gasteiger partial charge is 0.465 e. The third-order valence-electron chi connectivity index (χ3n) is 3.21. The minimum atomic E-state index is -0.368. The van der Waals surface area contributed by atoms with Gasteiger partial charge < -0.3 is 15.0 Å². The van der Waals surface area contributed by atoms with E-state index in [4.69, 9.17) is 4.74 Å². The van der Waals surface area contributed by atoms with Gasteiger partial charge in [-0.05, 0) is 30.2 Å². The summed E-state index contributed by atoms with van der Waals surface area (Å²) in [6.45, 7) is 0.626. The lowest BCUT2D eigenvalue weighted by Gasteiger charge is -2.12. The molecule has 1 aliphatic heterocycles. The Kier molecular flexibility index (Phi) is 2.33. The van der Waals surface area contributed by atoms with Crippen LogP contribution in [-0.2, 0) is 11.2 Å². The summed E-state index contributed by atoms with van der Waals surface area (Å²) in [5.41, 5.74) is 2.93. The number of esters is 1. The second-order valence-electron chi connectivity index (χ2n) is 4.24. The molecule has 2 N–H and O–H groups in total. The van der Waals surface area contributed by atoms with Crippen molar-refractivity contribution in [2.24, 2.45) is 0 Å². The van der Waals surface area contributed by atoms with Crippen molar-refractivity contribution in [3.63, 3.8) is 0 Å². The number of carbonyl (C=O) groups is 2. The van der Waals surface area contributed by atoms with Crippen LogP contribution in [0.15, 0.2) is 18.2 Å². The van der Waals surface area contributed by atoms with Crippen molar-refractivity contribution >= 4 is 22.8 Å². The molecule has 0 bridgehead atoms. The molecule has 5 nitrogen and oxygen atoms in total. The number of hydrogen-bond donors (Lipinski definition) is 2. The third-order valence-corrected chi connectivity index (χ3v) is 3.21. The van der Waals surface area contributed by atoms with Crippen LogP contribution in [0.3, 0.4) is 0 Å². The molecule has 2 heterocycles. The molecule has 1 aliphatic rings. The van der Waals surface area contributed by atoms with E-state index in [1.807, 2.05) is 0 Å². The molecular weight excluding hydrogens is 232 g/mol. The van der Waals surface area contributed by atoms with Gasteiger partial charge in [0.1, 0.15) is 5.69 Å². The first-order chi connectivity index (χ1) is 8.70. The molecule has 1 amide bonds. The summed E-state index contributed by atoms with van der Waals surface area (Å²) in [6.07, 6.45) is 0.770. The minimum Gasteiger partial charge on any atom is -0.465 e. The molecule has 3 rings (SSSR count). The fourth-order valence-electron chi connectivity index (χ4n) is 2.34. The standard InChI is InChI=1S/C13H12N2O3/c1-18-13(17)7-2-3-10-9(6-7)8-4-5-14-12(16)11(8)15-10/h2-3,6,15H,4-5H2,1H3,(H,14,16). The smallest absolute Gasteiger partial charge is 0.337 e. The third kappa shape index (κ3) is 1.48. The summed E-state index contributed by atoms with van der Waals surface area (Å²) < 4.78 is 4.70. The number of aromatic nitrogens is 1. The van der Waals surface area contributed by atoms with Gasteiger partial charge in [0.2, 0.25) is 0 Å². The van der Waals surface area contributed by atoms with E-state index in [1.54, 1.807) is 18.2 Å². The maximum atomic E-state index is 11.7. The molecule has 5 heteroatoms. The first-order valence-corrected chi connectivity index (χ1v) is 5.72. The van der Waals surface area contributed by atoms with E-state index in [1.165, 1.54) is 7.11 Å². The van der Waals surface area contributed by atoms with Gasteiger partial charge in [-0.25, -0.2) is 4.79 Å². The summed E-state index contributed by atoms with van der Waals surface area (Å²) >= 11 is 0. The first-order valence-electron chi connectivity index (χ1n) is 5.72. The number of H-pyrrole nitrogens is 1. The number of carbonyl (C=O) groups excluding carboxylic acids is 2. The summed E-state index contributed by atoms with van der Waals surface area (Å²) in [5, 5.41) is 3.71. The van der Waals surface area contributed by atoms with E-state index in [0.717, 1.165) is 22.9 Å². The molecule has 0 spiro atoms. The Balaban J connectivity index is 2.21. The molecule has 0 fully saturated rings. The van der Waals surface area contributed by atoms with Gasteiger partial charge in [-0.15, -0.1) is 0 Å². The number of hydrogen-bond acceptors (Lipinski definition) is 3. The van der Waals surface area contributed by atoms with Crippen molar-refractivity contribution in [1.82, 2.24) is 10.3 Å². The van der Waals surface area contributed by atoms with Crippen LogP contribution in [0.1, 0.15) is 26.4 Å². The summed E-state index contributed by atoms with van der Waals surface area (Å²) in [7, 11) is 1.35. The van der Waals surface area contributed by atoms with Crippen LogP contribution in [0.25, 0.3) is 10.9 Å². The summed E-state index contributed by atoms with van der Waals surface area (Å²) in [4.78, 5) is 26.3. The van der Waals surface area contributed by atoms with Gasteiger partial charge >= 0.3 is 5.97 Å². The SMILES string of the molecule is COC(=O)c1ccc2[nH]c3c(c2c1)CCNC3=O. The molecule has 1 aromatic heterocycles. The zero-order chi connectivity index (χ0) is 12.7. The molecule has 0 unspecified atom stereocenters. The highest BCUT2D eigenvalue weighted by molar-refractivity contribution is 6.04. The number of methoxy groups -OCH3 is 1. The molecular formula is C13H12N2O3. The van der Waals surface area contributed by atoms with Crippen LogP contribution in [0, 0.1) is 0 Å². The van der Waals surface area contributed by atoms with Crippen LogP contribution >= 0.6 is 0 Å². The normalized spacial score (nSPS) is 14.2. The second kappa shape index (κ2) is 3.87. The molecule has 18 heavy (non-hydrogen) atoms. The van der Waals surface area contributed by atoms with Crippen LogP contribution in [0.5, 0.6) is 0 Å². The minimum absolute atomic E-state index is 0.0907. The molecule has 0 aliphatic carbocycles. The van der Waals surface area contributed by atoms with Crippen molar-refractivity contribution < 1.29 is 14.3 Å². The molecule has 2 aromatic rings. The number of fused-ring (bicyclic) bond motifs is 3. The Morgan fingerprint density at radius 2 is 2.22 bits per heavy atom. The molecule has 0 saturated carbocycles. The Morgan fingerprint density at radius 3 is 3.00 bits per heavy atom. The van der Waals surface area contributed by atoms with E-state index in [0.29, 0.717) is 17.8 Å². The maximum absolute atomic E-state index is 11.7. The lowest BCUT2D eigenvalue weighted by Crippen LogP contribution is -2.31. The average Bonchev–Trinajstić information content (AvgIpc) is 2.77. The van der Waals surface area contributed by atoms with Crippen molar-refractivity contribution in [3.05, 3.63) is 35.0 Å². The molecule has 1 aromatic carbocycles. The number of nitrogens with one attached hydrogen (secondary N) is 2. The Hall–Kier alpha value is -2.30. The number of rotatable bonds is 1. The van der Waals surface area contributed by atoms with E-state index >= 15 is 0 Å². The van der Waals surface area contributed by atoms with Gasteiger partial charge in [-0.2, -0.15) is 0 Å². The molecule has 0 atom stereocenters. The molecule has 92 valence electrons. The quantitative estimate of drug-likeness (QED) is 0.741. The predicted molar refractivity (Wildman–Crippen MR) is 65.7 cm³/mol. The van der Waals surface area contributed by atoms with Gasteiger partial charge in [-0.3, -0.25) is 4.79 Å². The zero-order valence-electron chi connectivity index (χ0n) is 9.87. The Morgan fingerprint density at radius 1 is 1.39 bits per heavy atom. The van der Waals surface area contributed by atoms with Crippen molar-refractivity contribution in [1.29, 1.82) is 0 Å². The van der Waals surface area contributed by atoms with E-state index < -0.39 is 0 Å². The number of amides is 1. The van der Waals surface area contributed by atoms with Gasteiger partial charge in [0, 0.05) is 17.4 Å². The van der Waals surface area contributed by atoms with Crippen molar-refractivity contribution in [2.45, 2.75) is 6.42 Å². The highest BCUT2D eigenvalue weighted by Crippen LogP contribution is 2.26. The molecule has 0 saturated heterocycles. The number of aromatic amines is 1.